The predicted octanol–water partition coefficient (Wildman–Crippen LogP) is 5.43. The first kappa shape index (κ1) is 30.6. The minimum Gasteiger partial charge on any atom is -0.463 e. The van der Waals surface area contributed by atoms with Crippen LogP contribution in [0.15, 0.2) is 48.5 Å². The fraction of sp³-hybridized carbons (Fsp3) is 0.548. The minimum atomic E-state index is -0.365. The molecule has 2 aromatic carbocycles. The molecule has 0 unspecified atom stereocenters. The number of carbonyl (C=O) groups excluding carboxylic acids is 2. The van der Waals surface area contributed by atoms with E-state index < -0.39 is 0 Å². The van der Waals surface area contributed by atoms with E-state index in [0.29, 0.717) is 59.2 Å². The van der Waals surface area contributed by atoms with Crippen molar-refractivity contribution in [2.24, 2.45) is 0 Å². The van der Waals surface area contributed by atoms with Crippen LogP contribution in [0.3, 0.4) is 0 Å². The molecule has 0 N–H and O–H groups in total. The van der Waals surface area contributed by atoms with Gasteiger partial charge in [-0.05, 0) is 28.7 Å². The van der Waals surface area contributed by atoms with Crippen LogP contribution >= 0.6 is 0 Å². The van der Waals surface area contributed by atoms with E-state index in [1.807, 2.05) is 24.3 Å². The zero-order chi connectivity index (χ0) is 27.7. The van der Waals surface area contributed by atoms with Crippen molar-refractivity contribution in [1.29, 1.82) is 0 Å². The molecule has 0 saturated heterocycles. The van der Waals surface area contributed by atoms with Gasteiger partial charge >= 0.3 is 12.1 Å². The van der Waals surface area contributed by atoms with Crippen LogP contribution in [0, 0.1) is 0 Å². The maximum absolute atomic E-state index is 12.5. The van der Waals surface area contributed by atoms with E-state index in [4.69, 9.17) is 23.7 Å². The average Bonchev–Trinajstić information content (AvgIpc) is 3.28. The number of nitrogens with zero attached hydrogens (tertiary/aromatic N) is 1. The Morgan fingerprint density at radius 1 is 0.718 bits per heavy atom. The number of hydrogen-bond acceptors (Lipinski definition) is 7. The SMILES string of the molecule is CCCCCCC(=O)OCCOCCOCCOCCN(C)C(=O)OCC1c2ccccc2-c2ccccc21. The molecule has 2 aromatic rings. The summed E-state index contributed by atoms with van der Waals surface area (Å²) in [6.45, 7) is 5.63. The first-order chi connectivity index (χ1) is 19.1. The lowest BCUT2D eigenvalue weighted by Gasteiger charge is -2.19. The molecule has 8 nitrogen and oxygen atoms in total. The molecule has 0 radical (unpaired) electrons. The van der Waals surface area contributed by atoms with Crippen LogP contribution in [0.2, 0.25) is 0 Å². The summed E-state index contributed by atoms with van der Waals surface area (Å²) in [5.74, 6) is -0.116. The van der Waals surface area contributed by atoms with Crippen molar-refractivity contribution in [3.63, 3.8) is 0 Å². The number of likely N-dealkylation sites (N-methyl/N-ethyl adjacent to an activating group) is 1. The molecular formula is C31H43NO7. The summed E-state index contributed by atoms with van der Waals surface area (Å²) < 4.78 is 27.3. The number of benzene rings is 2. The van der Waals surface area contributed by atoms with Crippen molar-refractivity contribution < 1.29 is 33.3 Å². The van der Waals surface area contributed by atoms with E-state index in [-0.39, 0.29) is 24.6 Å². The lowest BCUT2D eigenvalue weighted by atomic mass is 9.98. The van der Waals surface area contributed by atoms with Crippen LogP contribution in [-0.2, 0) is 28.5 Å². The van der Waals surface area contributed by atoms with Gasteiger partial charge in [0.25, 0.3) is 0 Å². The predicted molar refractivity (Wildman–Crippen MR) is 150 cm³/mol. The molecule has 0 atom stereocenters. The highest BCUT2D eigenvalue weighted by molar-refractivity contribution is 5.79. The monoisotopic (exact) mass is 541 g/mol. The number of unbranched alkanes of at least 4 members (excludes halogenated alkanes) is 3. The van der Waals surface area contributed by atoms with Crippen molar-refractivity contribution in [2.45, 2.75) is 44.9 Å². The van der Waals surface area contributed by atoms with Crippen LogP contribution < -0.4 is 0 Å². The third kappa shape index (κ3) is 10.3. The highest BCUT2D eigenvalue weighted by Gasteiger charge is 2.29. The van der Waals surface area contributed by atoms with Crippen LogP contribution in [0.25, 0.3) is 11.1 Å². The lowest BCUT2D eigenvalue weighted by molar-refractivity contribution is -0.145. The van der Waals surface area contributed by atoms with Gasteiger partial charge in [0.2, 0.25) is 0 Å². The maximum atomic E-state index is 12.5. The Balaban J connectivity index is 1.17. The zero-order valence-corrected chi connectivity index (χ0v) is 23.4. The second-order valence-corrected chi connectivity index (χ2v) is 9.59. The van der Waals surface area contributed by atoms with Gasteiger partial charge in [-0.25, -0.2) is 4.79 Å². The van der Waals surface area contributed by atoms with Crippen molar-refractivity contribution >= 4 is 12.1 Å². The van der Waals surface area contributed by atoms with Gasteiger partial charge in [-0.3, -0.25) is 4.79 Å². The molecule has 0 aromatic heterocycles. The molecule has 214 valence electrons. The number of amides is 1. The zero-order valence-electron chi connectivity index (χ0n) is 23.4. The van der Waals surface area contributed by atoms with E-state index in [1.165, 1.54) is 27.2 Å². The molecule has 1 aliphatic carbocycles. The fourth-order valence-corrected chi connectivity index (χ4v) is 4.52. The molecule has 0 heterocycles. The van der Waals surface area contributed by atoms with E-state index in [2.05, 4.69) is 31.2 Å². The summed E-state index contributed by atoms with van der Waals surface area (Å²) in [6, 6.07) is 16.6. The van der Waals surface area contributed by atoms with Crippen molar-refractivity contribution in [1.82, 2.24) is 4.90 Å². The van der Waals surface area contributed by atoms with E-state index in [1.54, 1.807) is 7.05 Å². The molecule has 1 aliphatic rings. The number of hydrogen-bond donors (Lipinski definition) is 0. The minimum absolute atomic E-state index is 0.0440. The van der Waals surface area contributed by atoms with E-state index >= 15 is 0 Å². The molecule has 1 amide bonds. The number of rotatable bonds is 19. The van der Waals surface area contributed by atoms with Crippen molar-refractivity contribution in [2.75, 3.05) is 66.4 Å². The summed E-state index contributed by atoms with van der Waals surface area (Å²) in [5.41, 5.74) is 4.80. The van der Waals surface area contributed by atoms with Gasteiger partial charge in [0.15, 0.2) is 0 Å². The second-order valence-electron chi connectivity index (χ2n) is 9.59. The van der Waals surface area contributed by atoms with Gasteiger partial charge < -0.3 is 28.6 Å². The van der Waals surface area contributed by atoms with Gasteiger partial charge in [0.05, 0.1) is 39.6 Å². The Hall–Kier alpha value is -2.94. The quantitative estimate of drug-likeness (QED) is 0.173. The molecule has 39 heavy (non-hydrogen) atoms. The summed E-state index contributed by atoms with van der Waals surface area (Å²) in [7, 11) is 1.71. The highest BCUT2D eigenvalue weighted by Crippen LogP contribution is 2.44. The number of carbonyl (C=O) groups is 2. The maximum Gasteiger partial charge on any atom is 0.409 e. The Morgan fingerprint density at radius 3 is 1.90 bits per heavy atom. The van der Waals surface area contributed by atoms with Gasteiger partial charge in [-0.15, -0.1) is 0 Å². The third-order valence-corrected chi connectivity index (χ3v) is 6.69. The topological polar surface area (TPSA) is 83.5 Å². The Kier molecular flexibility index (Phi) is 13.8. The Bertz CT molecular complexity index is 966. The van der Waals surface area contributed by atoms with Crippen LogP contribution in [-0.4, -0.2) is 83.4 Å². The van der Waals surface area contributed by atoms with Gasteiger partial charge in [0.1, 0.15) is 13.2 Å². The van der Waals surface area contributed by atoms with Gasteiger partial charge in [-0.1, -0.05) is 74.7 Å². The third-order valence-electron chi connectivity index (χ3n) is 6.69. The standard InChI is InChI=1S/C31H43NO7/c1-3-4-5-6-15-30(33)38-23-22-37-21-20-36-19-18-35-17-16-32(2)31(34)39-24-29-27-13-9-7-11-25(27)26-12-8-10-14-28(26)29/h7-14,29H,3-6,15-24H2,1-2H3. The van der Waals surface area contributed by atoms with E-state index in [9.17, 15) is 9.59 Å². The van der Waals surface area contributed by atoms with Gasteiger partial charge in [0, 0.05) is 25.9 Å². The number of fused-ring (bicyclic) bond motifs is 3. The molecule has 0 spiro atoms. The van der Waals surface area contributed by atoms with E-state index in [0.717, 1.165) is 25.7 Å². The number of ether oxygens (including phenoxy) is 5. The molecular weight excluding hydrogens is 498 g/mol. The van der Waals surface area contributed by atoms with Crippen LogP contribution in [0.4, 0.5) is 4.79 Å². The molecule has 0 bridgehead atoms. The summed E-state index contributed by atoms with van der Waals surface area (Å²) in [5, 5.41) is 0. The fourth-order valence-electron chi connectivity index (χ4n) is 4.52. The summed E-state index contributed by atoms with van der Waals surface area (Å²) in [4.78, 5) is 25.6. The first-order valence-corrected chi connectivity index (χ1v) is 14.1. The Morgan fingerprint density at radius 2 is 1.28 bits per heavy atom. The molecule has 0 saturated carbocycles. The number of esters is 1. The smallest absolute Gasteiger partial charge is 0.409 e. The van der Waals surface area contributed by atoms with Crippen molar-refractivity contribution in [3.05, 3.63) is 59.7 Å². The Labute approximate surface area is 232 Å². The summed E-state index contributed by atoms with van der Waals surface area (Å²) in [6.07, 6.45) is 4.37. The second kappa shape index (κ2) is 17.6. The van der Waals surface area contributed by atoms with Crippen LogP contribution in [0.1, 0.15) is 56.1 Å². The largest absolute Gasteiger partial charge is 0.463 e. The highest BCUT2D eigenvalue weighted by atomic mass is 16.6. The van der Waals surface area contributed by atoms with Crippen molar-refractivity contribution in [3.8, 4) is 11.1 Å². The van der Waals surface area contributed by atoms with Gasteiger partial charge in [-0.2, -0.15) is 0 Å². The summed E-state index contributed by atoms with van der Waals surface area (Å²) >= 11 is 0. The molecule has 8 heteroatoms. The normalized spacial score (nSPS) is 12.2. The first-order valence-electron chi connectivity index (χ1n) is 14.1. The molecule has 0 fully saturated rings. The lowest BCUT2D eigenvalue weighted by Crippen LogP contribution is -2.32. The average molecular weight is 542 g/mol. The molecule has 3 rings (SSSR count). The van der Waals surface area contributed by atoms with Crippen LogP contribution in [0.5, 0.6) is 0 Å². The molecule has 0 aliphatic heterocycles.